The Morgan fingerprint density at radius 2 is 1.79 bits per heavy atom. The van der Waals surface area contributed by atoms with Crippen LogP contribution in [-0.4, -0.2) is 32.4 Å². The van der Waals surface area contributed by atoms with Crippen LogP contribution in [0.3, 0.4) is 0 Å². The summed E-state index contributed by atoms with van der Waals surface area (Å²) in [5, 5.41) is 3.60. The van der Waals surface area contributed by atoms with E-state index in [1.165, 1.54) is 16.7 Å². The van der Waals surface area contributed by atoms with E-state index in [-0.39, 0.29) is 12.1 Å². The zero-order valence-electron chi connectivity index (χ0n) is 14.4. The minimum atomic E-state index is 0.0531. The molecule has 0 aromatic heterocycles. The van der Waals surface area contributed by atoms with Crippen LogP contribution in [0.5, 0.6) is 5.75 Å². The van der Waals surface area contributed by atoms with Gasteiger partial charge in [0.1, 0.15) is 5.75 Å². The first kappa shape index (κ1) is 16.7. The van der Waals surface area contributed by atoms with Gasteiger partial charge in [0.2, 0.25) is 0 Å². The van der Waals surface area contributed by atoms with Gasteiger partial charge in [-0.25, -0.2) is 0 Å². The van der Waals surface area contributed by atoms with Crippen molar-refractivity contribution in [2.24, 2.45) is 0 Å². The maximum atomic E-state index is 6.13. The number of methoxy groups -OCH3 is 1. The summed E-state index contributed by atoms with van der Waals surface area (Å²) in [4.78, 5) is 0. The molecule has 0 aliphatic carbocycles. The van der Waals surface area contributed by atoms with E-state index in [0.29, 0.717) is 6.61 Å². The van der Waals surface area contributed by atoms with Crippen LogP contribution in [0.2, 0.25) is 0 Å². The summed E-state index contributed by atoms with van der Waals surface area (Å²) in [5.41, 5.74) is 3.80. The first-order chi connectivity index (χ1) is 11.8. The molecule has 2 aromatic carbocycles. The summed E-state index contributed by atoms with van der Waals surface area (Å²) >= 11 is 0. The minimum Gasteiger partial charge on any atom is -0.497 e. The Morgan fingerprint density at radius 1 is 1.04 bits per heavy atom. The molecular formula is C21H25NO2. The molecule has 0 radical (unpaired) electrons. The molecular weight excluding hydrogens is 298 g/mol. The van der Waals surface area contributed by atoms with E-state index >= 15 is 0 Å². The van der Waals surface area contributed by atoms with Crippen LogP contribution in [-0.2, 0) is 11.2 Å². The van der Waals surface area contributed by atoms with Crippen molar-refractivity contribution in [2.75, 3.05) is 20.3 Å². The van der Waals surface area contributed by atoms with E-state index < -0.39 is 0 Å². The van der Waals surface area contributed by atoms with Crippen LogP contribution in [0.15, 0.2) is 60.7 Å². The predicted molar refractivity (Wildman–Crippen MR) is 98.3 cm³/mol. The fourth-order valence-electron chi connectivity index (χ4n) is 3.26. The fourth-order valence-corrected chi connectivity index (χ4v) is 3.26. The summed E-state index contributed by atoms with van der Waals surface area (Å²) in [6.45, 7) is 3.62. The molecule has 0 fully saturated rings. The van der Waals surface area contributed by atoms with Gasteiger partial charge in [-0.15, -0.1) is 0 Å². The summed E-state index contributed by atoms with van der Waals surface area (Å²) in [6.07, 6.45) is 3.25. The van der Waals surface area contributed by atoms with E-state index in [1.807, 2.05) is 12.1 Å². The van der Waals surface area contributed by atoms with E-state index in [2.05, 4.69) is 60.8 Å². The van der Waals surface area contributed by atoms with Crippen LogP contribution in [0.25, 0.3) is 5.57 Å². The van der Waals surface area contributed by atoms with E-state index in [1.54, 1.807) is 7.11 Å². The number of hydrogen-bond acceptors (Lipinski definition) is 3. The highest BCUT2D eigenvalue weighted by Gasteiger charge is 2.29. The number of ether oxygens (including phenoxy) is 2. The molecule has 0 saturated carbocycles. The van der Waals surface area contributed by atoms with Crippen LogP contribution in [0, 0.1) is 0 Å². The van der Waals surface area contributed by atoms with Gasteiger partial charge >= 0.3 is 0 Å². The Morgan fingerprint density at radius 3 is 2.46 bits per heavy atom. The van der Waals surface area contributed by atoms with Crippen molar-refractivity contribution in [3.05, 3.63) is 71.8 Å². The Bertz CT molecular complexity index is 664. The monoisotopic (exact) mass is 323 g/mol. The fraction of sp³-hybridized carbons (Fsp3) is 0.333. The molecule has 0 bridgehead atoms. The van der Waals surface area contributed by atoms with Crippen molar-refractivity contribution < 1.29 is 9.47 Å². The molecule has 1 aliphatic rings. The third-order valence-corrected chi connectivity index (χ3v) is 4.44. The average Bonchev–Trinajstić information content (AvgIpc) is 2.64. The Balaban J connectivity index is 1.83. The van der Waals surface area contributed by atoms with Crippen molar-refractivity contribution in [3.63, 3.8) is 0 Å². The molecule has 0 amide bonds. The average molecular weight is 323 g/mol. The first-order valence-electron chi connectivity index (χ1n) is 8.55. The number of benzene rings is 2. The van der Waals surface area contributed by atoms with E-state index in [0.717, 1.165) is 18.7 Å². The molecule has 1 heterocycles. The molecule has 1 N–H and O–H groups in total. The highest BCUT2D eigenvalue weighted by atomic mass is 16.5. The first-order valence-corrected chi connectivity index (χ1v) is 8.55. The molecule has 0 spiro atoms. The van der Waals surface area contributed by atoms with Gasteiger partial charge in [0.05, 0.1) is 13.2 Å². The molecule has 2 unspecified atom stereocenters. The third-order valence-electron chi connectivity index (χ3n) is 4.44. The lowest BCUT2D eigenvalue weighted by molar-refractivity contribution is 0.0720. The lowest BCUT2D eigenvalue weighted by Crippen LogP contribution is -2.46. The molecule has 3 heteroatoms. The Kier molecular flexibility index (Phi) is 5.68. The second-order valence-corrected chi connectivity index (χ2v) is 5.97. The lowest BCUT2D eigenvalue weighted by atomic mass is 9.89. The second kappa shape index (κ2) is 8.13. The van der Waals surface area contributed by atoms with Gasteiger partial charge in [-0.05, 0) is 42.2 Å². The van der Waals surface area contributed by atoms with Gasteiger partial charge in [0.25, 0.3) is 0 Å². The van der Waals surface area contributed by atoms with Gasteiger partial charge < -0.3 is 14.8 Å². The molecule has 2 aromatic rings. The van der Waals surface area contributed by atoms with Gasteiger partial charge in [-0.3, -0.25) is 0 Å². The molecule has 0 saturated heterocycles. The van der Waals surface area contributed by atoms with Crippen molar-refractivity contribution in [1.82, 2.24) is 5.32 Å². The molecule has 24 heavy (non-hydrogen) atoms. The lowest BCUT2D eigenvalue weighted by Gasteiger charge is -2.34. The van der Waals surface area contributed by atoms with Gasteiger partial charge in [0, 0.05) is 19.2 Å². The molecule has 2 atom stereocenters. The highest BCUT2D eigenvalue weighted by Crippen LogP contribution is 2.28. The van der Waals surface area contributed by atoms with Gasteiger partial charge in [0.15, 0.2) is 0 Å². The normalized spacial score (nSPS) is 20.5. The quantitative estimate of drug-likeness (QED) is 0.879. The standard InChI is InChI=1S/C21H25NO2/c1-3-24-21-19(17-9-11-18(23-2)12-10-17)13-14-22-20(21)15-16-7-5-4-6-8-16/h4-13,20-22H,3,14-15H2,1-2H3. The Hall–Kier alpha value is -2.10. The maximum absolute atomic E-state index is 6.13. The molecule has 3 nitrogen and oxygen atoms in total. The van der Waals surface area contributed by atoms with E-state index in [4.69, 9.17) is 9.47 Å². The topological polar surface area (TPSA) is 30.5 Å². The van der Waals surface area contributed by atoms with Gasteiger partial charge in [-0.2, -0.15) is 0 Å². The summed E-state index contributed by atoms with van der Waals surface area (Å²) in [6, 6.07) is 19.1. The van der Waals surface area contributed by atoms with Crippen molar-refractivity contribution in [3.8, 4) is 5.75 Å². The van der Waals surface area contributed by atoms with Crippen LogP contribution in [0.4, 0.5) is 0 Å². The number of nitrogens with one attached hydrogen (secondary N) is 1. The smallest absolute Gasteiger partial charge is 0.118 e. The maximum Gasteiger partial charge on any atom is 0.118 e. The van der Waals surface area contributed by atoms with Crippen LogP contribution in [0.1, 0.15) is 18.1 Å². The third kappa shape index (κ3) is 3.86. The largest absolute Gasteiger partial charge is 0.497 e. The van der Waals surface area contributed by atoms with Gasteiger partial charge in [-0.1, -0.05) is 48.5 Å². The summed E-state index contributed by atoms with van der Waals surface area (Å²) in [5.74, 6) is 0.877. The molecule has 3 rings (SSSR count). The molecule has 126 valence electrons. The number of rotatable bonds is 6. The van der Waals surface area contributed by atoms with Crippen LogP contribution >= 0.6 is 0 Å². The zero-order chi connectivity index (χ0) is 16.8. The highest BCUT2D eigenvalue weighted by molar-refractivity contribution is 5.71. The van der Waals surface area contributed by atoms with Crippen molar-refractivity contribution in [2.45, 2.75) is 25.5 Å². The number of hydrogen-bond donors (Lipinski definition) is 1. The second-order valence-electron chi connectivity index (χ2n) is 5.97. The van der Waals surface area contributed by atoms with Crippen molar-refractivity contribution in [1.29, 1.82) is 0 Å². The SMILES string of the molecule is CCOC1C(c2ccc(OC)cc2)=CCNC1Cc1ccccc1. The molecule has 1 aliphatic heterocycles. The van der Waals surface area contributed by atoms with Crippen molar-refractivity contribution >= 4 is 5.57 Å². The predicted octanol–water partition coefficient (Wildman–Crippen LogP) is 3.70. The van der Waals surface area contributed by atoms with Crippen LogP contribution < -0.4 is 10.1 Å². The summed E-state index contributed by atoms with van der Waals surface area (Å²) < 4.78 is 11.4. The minimum absolute atomic E-state index is 0.0531. The summed E-state index contributed by atoms with van der Waals surface area (Å²) in [7, 11) is 1.69. The zero-order valence-corrected chi connectivity index (χ0v) is 14.4. The van der Waals surface area contributed by atoms with E-state index in [9.17, 15) is 0 Å². The Labute approximate surface area is 144 Å².